The van der Waals surface area contributed by atoms with Crippen molar-refractivity contribution in [1.29, 1.82) is 0 Å². The van der Waals surface area contributed by atoms with Crippen LogP contribution in [0.2, 0.25) is 0 Å². The van der Waals surface area contributed by atoms with Crippen LogP contribution in [0.15, 0.2) is 0 Å². The highest BCUT2D eigenvalue weighted by molar-refractivity contribution is 5.22. The van der Waals surface area contributed by atoms with Gasteiger partial charge in [0.25, 0.3) is 0 Å². The van der Waals surface area contributed by atoms with E-state index in [-0.39, 0.29) is 29.8 Å². The first-order valence-corrected chi connectivity index (χ1v) is 24.3. The number of fused-ring (bicyclic) bond motifs is 5. The van der Waals surface area contributed by atoms with Gasteiger partial charge in [0.1, 0.15) is 67.1 Å². The van der Waals surface area contributed by atoms with Crippen molar-refractivity contribution in [3.05, 3.63) is 0 Å². The summed E-state index contributed by atoms with van der Waals surface area (Å²) in [5, 5.41) is 132. The lowest BCUT2D eigenvalue weighted by Gasteiger charge is -2.72. The quantitative estimate of drug-likeness (QED) is 0.114. The molecule has 0 bridgehead atoms. The Balaban J connectivity index is 1.14. The summed E-state index contributed by atoms with van der Waals surface area (Å²) in [6.45, 7) is 14.8. The van der Waals surface area contributed by atoms with Crippen molar-refractivity contribution in [3.8, 4) is 0 Å². The lowest BCUT2D eigenvalue weighted by atomic mass is 9.34. The second-order valence-electron chi connectivity index (χ2n) is 23.6. The van der Waals surface area contributed by atoms with Crippen LogP contribution >= 0.6 is 0 Å². The fourth-order valence-electron chi connectivity index (χ4n) is 15.2. The third kappa shape index (κ3) is 8.26. The molecule has 4 saturated carbocycles. The van der Waals surface area contributed by atoms with Crippen LogP contribution in [0.4, 0.5) is 0 Å². The highest BCUT2D eigenvalue weighted by Gasteiger charge is 2.74. The first-order chi connectivity index (χ1) is 30.6. The van der Waals surface area contributed by atoms with Gasteiger partial charge in [0, 0.05) is 0 Å². The van der Waals surface area contributed by atoms with E-state index in [1.807, 2.05) is 13.8 Å². The number of aliphatic hydroxyl groups excluding tert-OH is 11. The maximum absolute atomic E-state index is 12.5. The summed E-state index contributed by atoms with van der Waals surface area (Å²) >= 11 is 0. The molecule has 0 radical (unpaired) electrons. The molecule has 66 heavy (non-hydrogen) atoms. The monoisotopic (exact) mass is 949 g/mol. The molecule has 382 valence electrons. The average molecular weight is 949 g/mol. The molecule has 0 aromatic heterocycles. The number of ether oxygens (including phenoxy) is 7. The van der Waals surface area contributed by atoms with Gasteiger partial charge in [-0.1, -0.05) is 34.6 Å². The van der Waals surface area contributed by atoms with Gasteiger partial charge in [0.2, 0.25) is 0 Å². The summed E-state index contributed by atoms with van der Waals surface area (Å²) < 4.78 is 43.6. The molecular weight excluding hydrogens is 868 g/mol. The molecular formula is C47H80O19. The summed E-state index contributed by atoms with van der Waals surface area (Å²) in [4.78, 5) is 0. The summed E-state index contributed by atoms with van der Waals surface area (Å²) in [6.07, 6.45) is -20.0. The Kier molecular flexibility index (Phi) is 14.1. The van der Waals surface area contributed by atoms with Crippen molar-refractivity contribution >= 4 is 0 Å². The summed E-state index contributed by atoms with van der Waals surface area (Å²) in [6, 6.07) is 0. The molecule has 12 N–H and O–H groups in total. The van der Waals surface area contributed by atoms with Gasteiger partial charge in [-0.2, -0.15) is 0 Å². The van der Waals surface area contributed by atoms with Crippen molar-refractivity contribution in [2.45, 2.75) is 228 Å². The van der Waals surface area contributed by atoms with Crippen molar-refractivity contribution in [1.82, 2.24) is 0 Å². The molecule has 19 nitrogen and oxygen atoms in total. The van der Waals surface area contributed by atoms with Crippen LogP contribution in [0.3, 0.4) is 0 Å². The van der Waals surface area contributed by atoms with Gasteiger partial charge in [-0.3, -0.25) is 0 Å². The standard InChI is InChI=1S/C47H80O19/c1-42(2)27(51)10-12-44(5)26-15-21(49)29-20(47(8)14-11-28(66-47)43(3,4)59)9-13-45(29,6)46(26,7)16-23(38(42)44)62-41-37(65-40-35(57)30(52)22(50)18-60-40)34(56)32(54)25(64-41)19-61-39-36(58)33(55)31(53)24(17-48)63-39/h20-41,48-59H,9-19H2,1-8H3. The van der Waals surface area contributed by atoms with Gasteiger partial charge in [0.05, 0.1) is 55.4 Å². The maximum atomic E-state index is 12.5. The first kappa shape index (κ1) is 51.6. The molecule has 0 spiro atoms. The Morgan fingerprint density at radius 3 is 1.95 bits per heavy atom. The fraction of sp³-hybridized carbons (Fsp3) is 1.00. The van der Waals surface area contributed by atoms with Crippen LogP contribution in [-0.4, -0.2) is 203 Å². The van der Waals surface area contributed by atoms with Crippen LogP contribution in [-0.2, 0) is 33.2 Å². The van der Waals surface area contributed by atoms with E-state index in [1.165, 1.54) is 0 Å². The minimum atomic E-state index is -1.82. The zero-order valence-corrected chi connectivity index (χ0v) is 39.7. The maximum Gasteiger partial charge on any atom is 0.187 e. The van der Waals surface area contributed by atoms with E-state index in [9.17, 15) is 61.3 Å². The molecule has 4 aliphatic heterocycles. The van der Waals surface area contributed by atoms with Gasteiger partial charge in [0.15, 0.2) is 18.9 Å². The molecule has 4 aliphatic carbocycles. The topological polar surface area (TPSA) is 307 Å². The Bertz CT molecular complexity index is 1700. The number of aliphatic hydroxyl groups is 12. The SMILES string of the molecule is CC(C)(O)C1CCC(C)(C2CCC3(C)C2C(O)CC2C4(C)CCC(O)C(C)(C)C4C(OC4OC(COC5OC(CO)C(O)C(O)C5O)C(O)C(O)C4OC4OCC(O)C(O)C4O)CC23C)O1. The highest BCUT2D eigenvalue weighted by Crippen LogP contribution is 2.76. The molecule has 4 saturated heterocycles. The van der Waals surface area contributed by atoms with Gasteiger partial charge in [-0.15, -0.1) is 0 Å². The lowest BCUT2D eigenvalue weighted by Crippen LogP contribution is -2.71. The number of hydrogen-bond donors (Lipinski definition) is 12. The van der Waals surface area contributed by atoms with Crippen LogP contribution < -0.4 is 0 Å². The van der Waals surface area contributed by atoms with Crippen LogP contribution in [0, 0.1) is 45.3 Å². The predicted octanol–water partition coefficient (Wildman–Crippen LogP) is -1.21. The molecule has 4 heterocycles. The Morgan fingerprint density at radius 2 is 1.30 bits per heavy atom. The van der Waals surface area contributed by atoms with E-state index in [4.69, 9.17) is 33.2 Å². The number of rotatable bonds is 10. The zero-order chi connectivity index (χ0) is 48.4. The molecule has 8 fully saturated rings. The minimum absolute atomic E-state index is 0.00604. The number of hydrogen-bond acceptors (Lipinski definition) is 19. The van der Waals surface area contributed by atoms with E-state index in [0.29, 0.717) is 32.1 Å². The van der Waals surface area contributed by atoms with E-state index < -0.39 is 157 Å². The fourth-order valence-corrected chi connectivity index (χ4v) is 15.2. The molecule has 26 unspecified atom stereocenters. The van der Waals surface area contributed by atoms with Gasteiger partial charge in [-0.25, -0.2) is 0 Å². The van der Waals surface area contributed by atoms with Gasteiger partial charge >= 0.3 is 0 Å². The molecule has 8 aliphatic rings. The van der Waals surface area contributed by atoms with E-state index in [0.717, 1.165) is 19.3 Å². The average Bonchev–Trinajstić information content (AvgIpc) is 3.85. The lowest BCUT2D eigenvalue weighted by molar-refractivity contribution is -0.381. The van der Waals surface area contributed by atoms with Gasteiger partial charge < -0.3 is 94.4 Å². The third-order valence-corrected chi connectivity index (χ3v) is 19.1. The highest BCUT2D eigenvalue weighted by atomic mass is 16.8. The molecule has 0 aromatic carbocycles. The Labute approximate surface area is 387 Å². The van der Waals surface area contributed by atoms with Crippen molar-refractivity contribution in [2.24, 2.45) is 45.3 Å². The molecule has 0 amide bonds. The molecule has 8 rings (SSSR count). The van der Waals surface area contributed by atoms with Crippen molar-refractivity contribution in [2.75, 3.05) is 19.8 Å². The van der Waals surface area contributed by atoms with Crippen molar-refractivity contribution in [3.63, 3.8) is 0 Å². The van der Waals surface area contributed by atoms with Crippen molar-refractivity contribution < 1.29 is 94.4 Å². The Morgan fingerprint density at radius 1 is 0.652 bits per heavy atom. The second kappa shape index (κ2) is 18.1. The predicted molar refractivity (Wildman–Crippen MR) is 228 cm³/mol. The van der Waals surface area contributed by atoms with Gasteiger partial charge in [-0.05, 0) is 117 Å². The smallest absolute Gasteiger partial charge is 0.187 e. The van der Waals surface area contributed by atoms with Crippen LogP contribution in [0.25, 0.3) is 0 Å². The summed E-state index contributed by atoms with van der Waals surface area (Å²) in [5.74, 6) is -0.566. The normalized spacial score (nSPS) is 56.4. The largest absolute Gasteiger partial charge is 0.394 e. The molecule has 19 heteroatoms. The van der Waals surface area contributed by atoms with Crippen LogP contribution in [0.1, 0.15) is 107 Å². The van der Waals surface area contributed by atoms with E-state index in [1.54, 1.807) is 13.8 Å². The second-order valence-corrected chi connectivity index (χ2v) is 23.6. The van der Waals surface area contributed by atoms with Crippen LogP contribution in [0.5, 0.6) is 0 Å². The third-order valence-electron chi connectivity index (χ3n) is 19.1. The molecule has 0 aromatic rings. The Hall–Kier alpha value is -0.760. The first-order valence-electron chi connectivity index (χ1n) is 24.3. The van der Waals surface area contributed by atoms with E-state index in [2.05, 4.69) is 27.7 Å². The summed E-state index contributed by atoms with van der Waals surface area (Å²) in [5.41, 5.74) is -3.84. The minimum Gasteiger partial charge on any atom is -0.394 e. The van der Waals surface area contributed by atoms with E-state index >= 15 is 0 Å². The zero-order valence-electron chi connectivity index (χ0n) is 39.7. The summed E-state index contributed by atoms with van der Waals surface area (Å²) in [7, 11) is 0. The molecule has 26 atom stereocenters.